The molecular weight excluding hydrogens is 320 g/mol. The van der Waals surface area contributed by atoms with Gasteiger partial charge in [-0.25, -0.2) is 4.79 Å². The van der Waals surface area contributed by atoms with E-state index in [9.17, 15) is 4.79 Å². The first-order valence-corrected chi connectivity index (χ1v) is 9.21. The van der Waals surface area contributed by atoms with Gasteiger partial charge in [-0.1, -0.05) is 86.7 Å². The number of carbonyl (C=O) groups is 1. The minimum atomic E-state index is -0.943. The van der Waals surface area contributed by atoms with E-state index in [1.54, 1.807) is 13.0 Å². The quantitative estimate of drug-likeness (QED) is 0.531. The summed E-state index contributed by atoms with van der Waals surface area (Å²) in [6.45, 7) is 7.83. The van der Waals surface area contributed by atoms with Crippen LogP contribution in [0.25, 0.3) is 5.57 Å². The van der Waals surface area contributed by atoms with Crippen molar-refractivity contribution in [2.24, 2.45) is 11.8 Å². The van der Waals surface area contributed by atoms with Gasteiger partial charge in [-0.2, -0.15) is 0 Å². The molecule has 26 heavy (non-hydrogen) atoms. The first-order chi connectivity index (χ1) is 12.5. The molecule has 136 valence electrons. The van der Waals surface area contributed by atoms with E-state index in [0.29, 0.717) is 5.57 Å². The summed E-state index contributed by atoms with van der Waals surface area (Å²) in [6.07, 6.45) is 5.73. The van der Waals surface area contributed by atoms with Gasteiger partial charge in [-0.15, -0.1) is 0 Å². The number of benzene rings is 2. The predicted octanol–water partition coefficient (Wildman–Crippen LogP) is 6.01. The smallest absolute Gasteiger partial charge is 0.335 e. The van der Waals surface area contributed by atoms with Gasteiger partial charge in [0.2, 0.25) is 0 Å². The lowest BCUT2D eigenvalue weighted by Gasteiger charge is -2.33. The highest BCUT2D eigenvalue weighted by Gasteiger charge is 2.26. The molecule has 0 amide bonds. The van der Waals surface area contributed by atoms with E-state index in [1.165, 1.54) is 24.8 Å². The van der Waals surface area contributed by atoms with Crippen LogP contribution in [0.15, 0.2) is 78.9 Å². The molecule has 2 aromatic rings. The molecule has 1 N–H and O–H groups in total. The van der Waals surface area contributed by atoms with E-state index in [0.717, 1.165) is 17.4 Å². The Morgan fingerprint density at radius 2 is 1.65 bits per heavy atom. The lowest BCUT2D eigenvalue weighted by atomic mass is 9.72. The van der Waals surface area contributed by atoms with Gasteiger partial charge < -0.3 is 5.11 Å². The maximum Gasteiger partial charge on any atom is 0.335 e. The molecule has 1 aliphatic carbocycles. The molecular formula is C24H28O2. The first-order valence-electron chi connectivity index (χ1n) is 9.21. The number of hydrogen-bond donors (Lipinski definition) is 1. The maximum absolute atomic E-state index is 10.8. The summed E-state index contributed by atoms with van der Waals surface area (Å²) < 4.78 is 0. The van der Waals surface area contributed by atoms with Gasteiger partial charge in [0.25, 0.3) is 0 Å². The lowest BCUT2D eigenvalue weighted by molar-refractivity contribution is -0.132. The SMILES string of the molecule is C=C(/C(=C\C)C(=O)O)c1ccccc1.CC1CCC1Cc1ccccc1. The van der Waals surface area contributed by atoms with Crippen LogP contribution in [0.1, 0.15) is 37.8 Å². The van der Waals surface area contributed by atoms with Crippen LogP contribution in [0.5, 0.6) is 0 Å². The molecule has 1 aliphatic rings. The molecule has 2 atom stereocenters. The standard InChI is InChI=1S/C12H12O2.C12H16/c1-3-11(12(13)14)9(2)10-7-5-4-6-8-10;1-10-7-8-12(10)9-11-5-3-2-4-6-11/h3-8H,2H2,1H3,(H,13,14);2-6,10,12H,7-9H2,1H3/b11-3+;. The predicted molar refractivity (Wildman–Crippen MR) is 109 cm³/mol. The molecule has 2 nitrogen and oxygen atoms in total. The third-order valence-electron chi connectivity index (χ3n) is 5.10. The van der Waals surface area contributed by atoms with Crippen molar-refractivity contribution in [1.29, 1.82) is 0 Å². The lowest BCUT2D eigenvalue weighted by Crippen LogP contribution is -2.24. The molecule has 2 heteroatoms. The fourth-order valence-corrected chi connectivity index (χ4v) is 3.18. The fourth-order valence-electron chi connectivity index (χ4n) is 3.18. The van der Waals surface area contributed by atoms with Crippen LogP contribution in [-0.2, 0) is 11.2 Å². The van der Waals surface area contributed by atoms with Crippen molar-refractivity contribution in [2.45, 2.75) is 33.1 Å². The number of allylic oxidation sites excluding steroid dienone is 1. The number of rotatable bonds is 5. The third kappa shape index (κ3) is 5.45. The van der Waals surface area contributed by atoms with Crippen LogP contribution in [0, 0.1) is 11.8 Å². The Morgan fingerprint density at radius 3 is 2.08 bits per heavy atom. The van der Waals surface area contributed by atoms with Crippen molar-refractivity contribution >= 4 is 11.5 Å². The second-order valence-electron chi connectivity index (χ2n) is 6.86. The maximum atomic E-state index is 10.8. The number of carboxylic acids is 1. The Balaban J connectivity index is 0.000000189. The molecule has 0 spiro atoms. The topological polar surface area (TPSA) is 37.3 Å². The van der Waals surface area contributed by atoms with E-state index in [-0.39, 0.29) is 5.57 Å². The van der Waals surface area contributed by atoms with Gasteiger partial charge in [0.15, 0.2) is 0 Å². The summed E-state index contributed by atoms with van der Waals surface area (Å²) in [5, 5.41) is 8.88. The average Bonchev–Trinajstić information content (AvgIpc) is 2.67. The molecule has 2 aromatic carbocycles. The van der Waals surface area contributed by atoms with Gasteiger partial charge in [0.1, 0.15) is 0 Å². The normalized spacial score (nSPS) is 18.9. The first kappa shape index (κ1) is 19.7. The largest absolute Gasteiger partial charge is 0.478 e. The second-order valence-corrected chi connectivity index (χ2v) is 6.86. The zero-order valence-electron chi connectivity index (χ0n) is 15.7. The van der Waals surface area contributed by atoms with E-state index >= 15 is 0 Å². The fraction of sp³-hybridized carbons (Fsp3) is 0.292. The highest BCUT2D eigenvalue weighted by Crippen LogP contribution is 2.35. The Morgan fingerprint density at radius 1 is 1.08 bits per heavy atom. The molecule has 2 unspecified atom stereocenters. The van der Waals surface area contributed by atoms with Gasteiger partial charge in [0, 0.05) is 0 Å². The van der Waals surface area contributed by atoms with Crippen molar-refractivity contribution in [3.05, 3.63) is 90.0 Å². The van der Waals surface area contributed by atoms with E-state index in [1.807, 2.05) is 30.3 Å². The van der Waals surface area contributed by atoms with Crippen molar-refractivity contribution in [3.63, 3.8) is 0 Å². The molecule has 0 saturated heterocycles. The van der Waals surface area contributed by atoms with Gasteiger partial charge in [0.05, 0.1) is 5.57 Å². The Bertz CT molecular complexity index is 744. The average molecular weight is 348 g/mol. The monoisotopic (exact) mass is 348 g/mol. The summed E-state index contributed by atoms with van der Waals surface area (Å²) in [7, 11) is 0. The van der Waals surface area contributed by atoms with Crippen molar-refractivity contribution in [3.8, 4) is 0 Å². The number of hydrogen-bond acceptors (Lipinski definition) is 1. The molecule has 0 aromatic heterocycles. The summed E-state index contributed by atoms with van der Waals surface area (Å²) >= 11 is 0. The minimum Gasteiger partial charge on any atom is -0.478 e. The summed E-state index contributed by atoms with van der Waals surface area (Å²) in [4.78, 5) is 10.8. The Hall–Kier alpha value is -2.61. The van der Waals surface area contributed by atoms with Crippen LogP contribution in [0.2, 0.25) is 0 Å². The summed E-state index contributed by atoms with van der Waals surface area (Å²) in [6, 6.07) is 20.1. The zero-order valence-corrected chi connectivity index (χ0v) is 15.7. The highest BCUT2D eigenvalue weighted by molar-refractivity contribution is 6.04. The van der Waals surface area contributed by atoms with Crippen LogP contribution in [0.3, 0.4) is 0 Å². The number of aliphatic carboxylic acids is 1. The molecule has 0 heterocycles. The summed E-state index contributed by atoms with van der Waals surface area (Å²) in [5.74, 6) is 0.985. The molecule has 1 saturated carbocycles. The molecule has 0 bridgehead atoms. The third-order valence-corrected chi connectivity index (χ3v) is 5.10. The Labute approximate surface area is 156 Å². The van der Waals surface area contributed by atoms with E-state index < -0.39 is 5.97 Å². The minimum absolute atomic E-state index is 0.246. The molecule has 0 aliphatic heterocycles. The van der Waals surface area contributed by atoms with Crippen LogP contribution >= 0.6 is 0 Å². The van der Waals surface area contributed by atoms with Crippen molar-refractivity contribution in [2.75, 3.05) is 0 Å². The summed E-state index contributed by atoms with van der Waals surface area (Å²) in [5.41, 5.74) is 3.13. The van der Waals surface area contributed by atoms with Crippen LogP contribution < -0.4 is 0 Å². The molecule has 3 rings (SSSR count). The Kier molecular flexibility index (Phi) is 7.40. The van der Waals surface area contributed by atoms with E-state index in [2.05, 4.69) is 43.8 Å². The molecule has 0 radical (unpaired) electrons. The molecule has 1 fully saturated rings. The van der Waals surface area contributed by atoms with Crippen LogP contribution in [-0.4, -0.2) is 11.1 Å². The van der Waals surface area contributed by atoms with Crippen molar-refractivity contribution in [1.82, 2.24) is 0 Å². The van der Waals surface area contributed by atoms with Gasteiger partial charge >= 0.3 is 5.97 Å². The highest BCUT2D eigenvalue weighted by atomic mass is 16.4. The second kappa shape index (κ2) is 9.76. The van der Waals surface area contributed by atoms with Crippen LogP contribution in [0.4, 0.5) is 0 Å². The van der Waals surface area contributed by atoms with Gasteiger partial charge in [-0.3, -0.25) is 0 Å². The van der Waals surface area contributed by atoms with Crippen molar-refractivity contribution < 1.29 is 9.90 Å². The zero-order chi connectivity index (χ0) is 18.9. The number of carboxylic acid groups (broad SMARTS) is 1. The van der Waals surface area contributed by atoms with E-state index in [4.69, 9.17) is 5.11 Å². The van der Waals surface area contributed by atoms with Gasteiger partial charge in [-0.05, 0) is 48.3 Å².